The maximum absolute atomic E-state index is 13.5. The van der Waals surface area contributed by atoms with Gasteiger partial charge in [0.2, 0.25) is 6.79 Å². The van der Waals surface area contributed by atoms with Crippen molar-refractivity contribution >= 4 is 28.1 Å². The summed E-state index contributed by atoms with van der Waals surface area (Å²) in [5.41, 5.74) is 7.72. The zero-order valence-electron chi connectivity index (χ0n) is 18.4. The van der Waals surface area contributed by atoms with Crippen LogP contribution in [0.2, 0.25) is 0 Å². The number of anilines is 2. The van der Waals surface area contributed by atoms with Crippen LogP contribution in [0.1, 0.15) is 28.4 Å². The Morgan fingerprint density at radius 3 is 2.62 bits per heavy atom. The maximum atomic E-state index is 13.5. The topological polar surface area (TPSA) is 116 Å². The molecule has 0 saturated heterocycles. The minimum atomic E-state index is -0.543. The van der Waals surface area contributed by atoms with Gasteiger partial charge in [-0.15, -0.1) is 0 Å². The van der Waals surface area contributed by atoms with E-state index in [4.69, 9.17) is 15.2 Å². The Balaban J connectivity index is 1.54. The first-order valence-electron chi connectivity index (χ1n) is 10.8. The second-order valence-corrected chi connectivity index (χ2v) is 8.16. The van der Waals surface area contributed by atoms with Crippen molar-refractivity contribution in [1.29, 1.82) is 0 Å². The van der Waals surface area contributed by atoms with Crippen LogP contribution >= 0.6 is 0 Å². The normalized spacial score (nSPS) is 13.1. The number of carbonyl (C=O) groups excluding carboxylic acids is 1. The van der Waals surface area contributed by atoms with Crippen LogP contribution in [0.5, 0.6) is 17.2 Å². The number of rotatable bonds is 6. The summed E-state index contributed by atoms with van der Waals surface area (Å²) in [5.74, 6) is 0.427. The van der Waals surface area contributed by atoms with E-state index in [1.165, 1.54) is 4.57 Å². The number of ether oxygens (including phenoxy) is 2. The number of aromatic nitrogens is 1. The van der Waals surface area contributed by atoms with Crippen molar-refractivity contribution in [3.05, 3.63) is 88.2 Å². The van der Waals surface area contributed by atoms with Crippen LogP contribution in [0.3, 0.4) is 0 Å². The van der Waals surface area contributed by atoms with E-state index in [1.807, 2.05) is 24.3 Å². The Morgan fingerprint density at radius 2 is 1.82 bits per heavy atom. The fourth-order valence-electron chi connectivity index (χ4n) is 4.18. The highest BCUT2D eigenvalue weighted by molar-refractivity contribution is 6.03. The van der Waals surface area contributed by atoms with Crippen LogP contribution in [0.25, 0.3) is 10.9 Å². The van der Waals surface area contributed by atoms with Gasteiger partial charge < -0.3 is 30.2 Å². The van der Waals surface area contributed by atoms with E-state index in [0.29, 0.717) is 28.1 Å². The first kappa shape index (κ1) is 21.4. The minimum Gasteiger partial charge on any atom is -0.506 e. The highest BCUT2D eigenvalue weighted by Gasteiger charge is 2.26. The number of nitrogens with two attached hydrogens (primary N) is 1. The smallest absolute Gasteiger partial charge is 0.265 e. The molecule has 1 aliphatic heterocycles. The highest BCUT2D eigenvalue weighted by Crippen LogP contribution is 2.36. The van der Waals surface area contributed by atoms with Crippen LogP contribution in [-0.4, -0.2) is 22.2 Å². The molecule has 0 radical (unpaired) electrons. The van der Waals surface area contributed by atoms with Gasteiger partial charge in [0.05, 0.1) is 11.6 Å². The number of nitrogen functional groups attached to an aromatic ring is 1. The van der Waals surface area contributed by atoms with Gasteiger partial charge >= 0.3 is 0 Å². The predicted octanol–water partition coefficient (Wildman–Crippen LogP) is 3.98. The molecule has 4 N–H and O–H groups in total. The number of fused-ring (bicyclic) bond motifs is 2. The van der Waals surface area contributed by atoms with E-state index in [1.54, 1.807) is 49.5 Å². The fraction of sp³-hybridized carbons (Fsp3) is 0.154. The number of ketones is 1. The molecule has 0 fully saturated rings. The zero-order valence-corrected chi connectivity index (χ0v) is 18.4. The molecule has 0 aliphatic carbocycles. The summed E-state index contributed by atoms with van der Waals surface area (Å²) in [6.45, 7) is 0.134. The molecule has 1 aliphatic rings. The maximum Gasteiger partial charge on any atom is 0.265 e. The average Bonchev–Trinajstić information content (AvgIpc) is 3.32. The fourth-order valence-corrected chi connectivity index (χ4v) is 4.18. The van der Waals surface area contributed by atoms with Gasteiger partial charge in [-0.3, -0.25) is 9.59 Å². The van der Waals surface area contributed by atoms with Gasteiger partial charge in [-0.2, -0.15) is 0 Å². The van der Waals surface area contributed by atoms with Gasteiger partial charge in [-0.05, 0) is 54.1 Å². The molecule has 8 nitrogen and oxygen atoms in total. The Labute approximate surface area is 195 Å². The van der Waals surface area contributed by atoms with Crippen LogP contribution in [0.15, 0.2) is 71.5 Å². The summed E-state index contributed by atoms with van der Waals surface area (Å²) in [4.78, 5) is 26.5. The summed E-state index contributed by atoms with van der Waals surface area (Å²) in [7, 11) is 1.59. The molecular formula is C26H23N3O5. The number of hydrogen-bond acceptors (Lipinski definition) is 7. The van der Waals surface area contributed by atoms with E-state index in [2.05, 4.69) is 5.32 Å². The van der Waals surface area contributed by atoms with Crippen molar-refractivity contribution < 1.29 is 19.4 Å². The quantitative estimate of drug-likeness (QED) is 0.296. The van der Waals surface area contributed by atoms with Crippen molar-refractivity contribution in [3.63, 3.8) is 0 Å². The third-order valence-electron chi connectivity index (χ3n) is 5.99. The van der Waals surface area contributed by atoms with Crippen molar-refractivity contribution in [3.8, 4) is 17.2 Å². The number of benzene rings is 3. The number of aromatic hydroxyl groups is 1. The van der Waals surface area contributed by atoms with Gasteiger partial charge in [0.1, 0.15) is 11.3 Å². The molecular weight excluding hydrogens is 434 g/mol. The molecule has 4 aromatic rings. The van der Waals surface area contributed by atoms with E-state index >= 15 is 0 Å². The number of pyridine rings is 1. The number of carbonyl (C=O) groups is 1. The van der Waals surface area contributed by atoms with Gasteiger partial charge in [0.25, 0.3) is 5.56 Å². The number of nitrogens with one attached hydrogen (secondary N) is 1. The summed E-state index contributed by atoms with van der Waals surface area (Å²) in [6.07, 6.45) is -0.0782. The molecule has 0 unspecified atom stereocenters. The van der Waals surface area contributed by atoms with E-state index in [9.17, 15) is 14.7 Å². The third kappa shape index (κ3) is 3.79. The molecule has 172 valence electrons. The first-order valence-corrected chi connectivity index (χ1v) is 10.8. The van der Waals surface area contributed by atoms with Crippen molar-refractivity contribution in [2.75, 3.05) is 17.8 Å². The number of nitrogens with zero attached hydrogens (tertiary/aromatic N) is 1. The molecule has 3 aromatic carbocycles. The highest BCUT2D eigenvalue weighted by atomic mass is 16.7. The van der Waals surface area contributed by atoms with E-state index in [0.717, 1.165) is 11.3 Å². The molecule has 0 bridgehead atoms. The van der Waals surface area contributed by atoms with Crippen LogP contribution in [-0.2, 0) is 7.05 Å². The molecule has 0 spiro atoms. The van der Waals surface area contributed by atoms with Gasteiger partial charge in [-0.25, -0.2) is 0 Å². The Bertz CT molecular complexity index is 1460. The Kier molecular flexibility index (Phi) is 5.33. The summed E-state index contributed by atoms with van der Waals surface area (Å²) in [6, 6.07) is 19.0. The summed E-state index contributed by atoms with van der Waals surface area (Å²) >= 11 is 0. The van der Waals surface area contributed by atoms with Gasteiger partial charge in [0.15, 0.2) is 17.3 Å². The molecule has 0 amide bonds. The molecule has 8 heteroatoms. The van der Waals surface area contributed by atoms with Crippen LogP contribution in [0, 0.1) is 0 Å². The number of Topliss-reactive ketones (excluding diaryl/α,β-unsaturated/α-hetero) is 1. The SMILES string of the molecule is Cn1c(=O)c(C(=O)C[C@H](Nc2ccc(N)cc2)c2ccc3c(c2)OCO3)c(O)c2ccccc21. The second kappa shape index (κ2) is 8.47. The lowest BCUT2D eigenvalue weighted by atomic mass is 9.96. The lowest BCUT2D eigenvalue weighted by Crippen LogP contribution is -2.26. The largest absolute Gasteiger partial charge is 0.506 e. The lowest BCUT2D eigenvalue weighted by Gasteiger charge is -2.21. The standard InChI is InChI=1S/C26H23N3O5/c1-29-20-5-3-2-4-18(20)25(31)24(26(29)32)21(30)13-19(28-17-9-7-16(27)8-10-17)15-6-11-22-23(12-15)34-14-33-22/h2-12,19,28,31H,13-14,27H2,1H3/t19-/m0/s1. The van der Waals surface area contributed by atoms with E-state index in [-0.39, 0.29) is 24.5 Å². The Morgan fingerprint density at radius 1 is 1.09 bits per heavy atom. The molecule has 1 atom stereocenters. The second-order valence-electron chi connectivity index (χ2n) is 8.16. The van der Waals surface area contributed by atoms with Gasteiger partial charge in [0, 0.05) is 30.2 Å². The van der Waals surface area contributed by atoms with Crippen molar-refractivity contribution in [1.82, 2.24) is 4.57 Å². The summed E-state index contributed by atoms with van der Waals surface area (Å²) in [5, 5.41) is 14.6. The molecule has 34 heavy (non-hydrogen) atoms. The zero-order chi connectivity index (χ0) is 23.8. The average molecular weight is 457 g/mol. The Hall–Kier alpha value is -4.46. The van der Waals surface area contributed by atoms with E-state index < -0.39 is 17.4 Å². The molecule has 1 aromatic heterocycles. The van der Waals surface area contributed by atoms with Crippen molar-refractivity contribution in [2.45, 2.75) is 12.5 Å². The monoisotopic (exact) mass is 457 g/mol. The first-order chi connectivity index (χ1) is 16.4. The summed E-state index contributed by atoms with van der Waals surface area (Å²) < 4.78 is 12.3. The minimum absolute atomic E-state index is 0.0782. The number of aryl methyl sites for hydroxylation is 1. The van der Waals surface area contributed by atoms with Crippen molar-refractivity contribution in [2.24, 2.45) is 7.05 Å². The number of hydrogen-bond donors (Lipinski definition) is 3. The molecule has 5 rings (SSSR count). The lowest BCUT2D eigenvalue weighted by molar-refractivity contribution is 0.0972. The van der Waals surface area contributed by atoms with Crippen LogP contribution in [0.4, 0.5) is 11.4 Å². The van der Waals surface area contributed by atoms with Gasteiger partial charge in [-0.1, -0.05) is 18.2 Å². The predicted molar refractivity (Wildman–Crippen MR) is 130 cm³/mol. The number of para-hydroxylation sites is 1. The molecule has 2 heterocycles. The molecule has 0 saturated carbocycles. The third-order valence-corrected chi connectivity index (χ3v) is 5.99. The van der Waals surface area contributed by atoms with Crippen LogP contribution < -0.4 is 26.1 Å².